The molecule has 6 rings (SSSR count). The molecule has 0 N–H and O–H groups in total. The first-order valence-electron chi connectivity index (χ1n) is 18.1. The van der Waals surface area contributed by atoms with Crippen molar-refractivity contribution in [3.63, 3.8) is 0 Å². The SMILES string of the molecule is CC(C)Cc1cc(-c2[c-]cccc2)ncc1[Si](C)(C)C.CCC(CC)c1ccnc(-c2[c-]ccc3c2oc2nc(C(C)C(C)C)ccc23)c1.[Ir]. The number of hydrogen-bond acceptors (Lipinski definition) is 4. The van der Waals surface area contributed by atoms with Crippen LogP contribution in [0.5, 0.6) is 0 Å². The molecule has 0 saturated heterocycles. The zero-order valence-electron chi connectivity index (χ0n) is 31.5. The minimum absolute atomic E-state index is 0. The molecule has 0 bridgehead atoms. The molecule has 0 fully saturated rings. The summed E-state index contributed by atoms with van der Waals surface area (Å²) in [5.74, 6) is 2.13. The molecule has 4 nitrogen and oxygen atoms in total. The first kappa shape index (κ1) is 39.3. The molecule has 6 aromatic rings. The second-order valence-corrected chi connectivity index (χ2v) is 20.2. The Hall–Kier alpha value is -3.44. The van der Waals surface area contributed by atoms with Gasteiger partial charge in [0.25, 0.3) is 0 Å². The summed E-state index contributed by atoms with van der Waals surface area (Å²) < 4.78 is 6.28. The largest absolute Gasteiger partial charge is 0.486 e. The molecule has 4 aromatic heterocycles. The number of fused-ring (bicyclic) bond motifs is 3. The summed E-state index contributed by atoms with van der Waals surface area (Å²) in [7, 11) is -1.34. The summed E-state index contributed by atoms with van der Waals surface area (Å²) in [6.45, 7) is 22.9. The summed E-state index contributed by atoms with van der Waals surface area (Å²) in [4.78, 5) is 14.2. The van der Waals surface area contributed by atoms with Crippen molar-refractivity contribution in [1.29, 1.82) is 0 Å². The maximum atomic E-state index is 6.28. The summed E-state index contributed by atoms with van der Waals surface area (Å²) in [5.41, 5.74) is 9.34. The van der Waals surface area contributed by atoms with Crippen molar-refractivity contribution in [1.82, 2.24) is 15.0 Å². The average Bonchev–Trinajstić information content (AvgIpc) is 3.46. The Kier molecular flexibility index (Phi) is 13.5. The average molecular weight is 860 g/mol. The van der Waals surface area contributed by atoms with Crippen molar-refractivity contribution in [3.05, 3.63) is 108 Å². The fraction of sp³-hybridized carbons (Fsp3) is 0.386. The summed E-state index contributed by atoms with van der Waals surface area (Å²) in [6.07, 6.45) is 7.39. The van der Waals surface area contributed by atoms with E-state index in [0.29, 0.717) is 29.4 Å². The Bertz CT molecular complexity index is 1990. The quantitative estimate of drug-likeness (QED) is 0.102. The van der Waals surface area contributed by atoms with Crippen molar-refractivity contribution < 1.29 is 24.5 Å². The van der Waals surface area contributed by atoms with Gasteiger partial charge in [-0.2, -0.15) is 0 Å². The number of rotatable bonds is 10. The zero-order chi connectivity index (χ0) is 35.3. The van der Waals surface area contributed by atoms with Crippen LogP contribution in [-0.4, -0.2) is 23.0 Å². The molecule has 0 amide bonds. The molecule has 0 aliphatic heterocycles. The Labute approximate surface area is 314 Å². The van der Waals surface area contributed by atoms with E-state index < -0.39 is 8.07 Å². The molecule has 1 unspecified atom stereocenters. The number of aromatic nitrogens is 3. The van der Waals surface area contributed by atoms with E-state index in [9.17, 15) is 0 Å². The smallest absolute Gasteiger partial charge is 0.216 e. The van der Waals surface area contributed by atoms with Gasteiger partial charge in [0.1, 0.15) is 0 Å². The number of benzene rings is 2. The van der Waals surface area contributed by atoms with Crippen LogP contribution >= 0.6 is 0 Å². The van der Waals surface area contributed by atoms with Gasteiger partial charge < -0.3 is 14.4 Å². The van der Waals surface area contributed by atoms with E-state index >= 15 is 0 Å². The molecule has 0 aliphatic rings. The third kappa shape index (κ3) is 9.07. The molecule has 0 saturated carbocycles. The van der Waals surface area contributed by atoms with Crippen LogP contribution in [0.4, 0.5) is 0 Å². The van der Waals surface area contributed by atoms with E-state index in [-0.39, 0.29) is 20.1 Å². The molecule has 2 aromatic carbocycles. The van der Waals surface area contributed by atoms with E-state index in [0.717, 1.165) is 63.8 Å². The van der Waals surface area contributed by atoms with Gasteiger partial charge in [0, 0.05) is 49.5 Å². The van der Waals surface area contributed by atoms with Crippen LogP contribution in [0.15, 0.2) is 83.5 Å². The Balaban J connectivity index is 0.000000236. The zero-order valence-corrected chi connectivity index (χ0v) is 34.9. The van der Waals surface area contributed by atoms with Crippen molar-refractivity contribution in [2.24, 2.45) is 11.8 Å². The Morgan fingerprint density at radius 2 is 1.56 bits per heavy atom. The van der Waals surface area contributed by atoms with Crippen molar-refractivity contribution in [2.45, 2.75) is 99.2 Å². The predicted molar refractivity (Wildman–Crippen MR) is 210 cm³/mol. The van der Waals surface area contributed by atoms with E-state index in [1.54, 1.807) is 0 Å². The van der Waals surface area contributed by atoms with Crippen molar-refractivity contribution >= 4 is 35.3 Å². The second kappa shape index (κ2) is 17.2. The molecule has 1 atom stereocenters. The van der Waals surface area contributed by atoms with Gasteiger partial charge in [0.05, 0.1) is 13.7 Å². The minimum Gasteiger partial charge on any atom is -0.486 e. The third-order valence-corrected chi connectivity index (χ3v) is 11.8. The first-order chi connectivity index (χ1) is 23.4. The van der Waals surface area contributed by atoms with Gasteiger partial charge in [0.2, 0.25) is 5.71 Å². The molecular weight excluding hydrogens is 807 g/mol. The molecule has 4 heterocycles. The number of pyridine rings is 3. The normalized spacial score (nSPS) is 12.3. The van der Waals surface area contributed by atoms with Crippen LogP contribution < -0.4 is 5.19 Å². The van der Waals surface area contributed by atoms with Crippen LogP contribution in [0.25, 0.3) is 44.6 Å². The topological polar surface area (TPSA) is 51.8 Å². The first-order valence-corrected chi connectivity index (χ1v) is 21.6. The van der Waals surface area contributed by atoms with Gasteiger partial charge in [-0.05, 0) is 71.8 Å². The molecule has 50 heavy (non-hydrogen) atoms. The summed E-state index contributed by atoms with van der Waals surface area (Å²) >= 11 is 0. The van der Waals surface area contributed by atoms with Gasteiger partial charge >= 0.3 is 0 Å². The van der Waals surface area contributed by atoms with Gasteiger partial charge in [-0.3, -0.25) is 0 Å². The summed E-state index contributed by atoms with van der Waals surface area (Å²) in [5, 5.41) is 3.61. The number of furan rings is 1. The molecule has 0 aliphatic carbocycles. The van der Waals surface area contributed by atoms with E-state index in [1.807, 2.05) is 30.5 Å². The third-order valence-electron chi connectivity index (χ3n) is 9.69. The van der Waals surface area contributed by atoms with Crippen LogP contribution in [0, 0.1) is 24.0 Å². The second-order valence-electron chi connectivity index (χ2n) is 15.2. The van der Waals surface area contributed by atoms with Gasteiger partial charge in [-0.1, -0.05) is 102 Å². The van der Waals surface area contributed by atoms with Crippen molar-refractivity contribution in [2.75, 3.05) is 0 Å². The minimum atomic E-state index is -1.34. The van der Waals surface area contributed by atoms with Crippen molar-refractivity contribution in [3.8, 4) is 22.5 Å². The molecule has 0 spiro atoms. The predicted octanol–water partition coefficient (Wildman–Crippen LogP) is 11.8. The van der Waals surface area contributed by atoms with Crippen LogP contribution in [0.2, 0.25) is 19.6 Å². The number of hydrogen-bond donors (Lipinski definition) is 0. The van der Waals surface area contributed by atoms with Crippen LogP contribution in [-0.2, 0) is 26.5 Å². The van der Waals surface area contributed by atoms with E-state index in [4.69, 9.17) is 9.40 Å². The van der Waals surface area contributed by atoms with E-state index in [1.165, 1.54) is 16.3 Å². The van der Waals surface area contributed by atoms with Gasteiger partial charge in [-0.15, -0.1) is 54.1 Å². The Morgan fingerprint density at radius 3 is 2.20 bits per heavy atom. The maximum Gasteiger partial charge on any atom is 0.216 e. The van der Waals surface area contributed by atoms with Crippen LogP contribution in [0.3, 0.4) is 0 Å². The number of nitrogens with zero attached hydrogens (tertiary/aromatic N) is 3. The standard InChI is InChI=1S/C26H29N2O.C18H24NSi.Ir/c1-6-18(7-2)19-13-14-27-24(15-19)22-10-8-9-20-21-11-12-23(17(5)16(3)4)28-26(21)29-25(20)22;1-14(2)11-16-12-17(15-9-7-6-8-10-15)19-13-18(16)20(3,4)5;/h8-9,11-18H,6-7H2,1-5H3;6-9,12-14H,11H2,1-5H3;/q2*-1;. The Morgan fingerprint density at radius 1 is 0.800 bits per heavy atom. The summed E-state index contributed by atoms with van der Waals surface area (Å²) in [6, 6.07) is 29.6. The fourth-order valence-electron chi connectivity index (χ4n) is 6.50. The molecular formula is C44H53IrN3OSi-2. The molecule has 265 valence electrons. The molecule has 6 heteroatoms. The van der Waals surface area contributed by atoms with Gasteiger partial charge in [0.15, 0.2) is 0 Å². The molecule has 1 radical (unpaired) electrons. The fourth-order valence-corrected chi connectivity index (χ4v) is 8.09. The van der Waals surface area contributed by atoms with Crippen LogP contribution in [0.1, 0.15) is 90.0 Å². The van der Waals surface area contributed by atoms with Gasteiger partial charge in [-0.25, -0.2) is 4.98 Å². The maximum absolute atomic E-state index is 6.28. The monoisotopic (exact) mass is 860 g/mol. The van der Waals surface area contributed by atoms with E-state index in [2.05, 4.69) is 139 Å².